The summed E-state index contributed by atoms with van der Waals surface area (Å²) in [6.07, 6.45) is 2.58. The van der Waals surface area contributed by atoms with Gasteiger partial charge in [-0.3, -0.25) is 9.78 Å². The number of nitrogens with one attached hydrogen (secondary N) is 2. The van der Waals surface area contributed by atoms with E-state index in [1.165, 1.54) is 0 Å². The van der Waals surface area contributed by atoms with Crippen molar-refractivity contribution in [1.82, 2.24) is 15.6 Å². The number of carbonyl (C=O) groups excluding carboxylic acids is 1. The van der Waals surface area contributed by atoms with Gasteiger partial charge in [0.05, 0.1) is 0 Å². The van der Waals surface area contributed by atoms with Crippen LogP contribution in [0.5, 0.6) is 0 Å². The van der Waals surface area contributed by atoms with Crippen LogP contribution in [0, 0.1) is 0 Å². The maximum absolute atomic E-state index is 11.0. The highest BCUT2D eigenvalue weighted by Crippen LogP contribution is 2.08. The molecule has 0 aliphatic heterocycles. The molecule has 122 valence electrons. The first kappa shape index (κ1) is 16.5. The van der Waals surface area contributed by atoms with Crippen LogP contribution in [0.25, 0.3) is 0 Å². The molecule has 2 aromatic heterocycles. The number of rotatable bonds is 7. The molecule has 2 rings (SSSR count). The Hall–Kier alpha value is -2.83. The highest BCUT2D eigenvalue weighted by atomic mass is 16.3. The van der Waals surface area contributed by atoms with Gasteiger partial charge in [-0.15, -0.1) is 0 Å². The highest BCUT2D eigenvalue weighted by molar-refractivity contribution is 5.89. The molecule has 7 heteroatoms. The van der Waals surface area contributed by atoms with Crippen LogP contribution >= 0.6 is 0 Å². The van der Waals surface area contributed by atoms with Gasteiger partial charge in [0.15, 0.2) is 11.7 Å². The Morgan fingerprint density at radius 2 is 2.17 bits per heavy atom. The summed E-state index contributed by atoms with van der Waals surface area (Å²) in [4.78, 5) is 19.7. The largest absolute Gasteiger partial charge is 0.454 e. The SMILES string of the molecule is CCNC(=NCc1ccc(C(N)=O)o1)NCCc1ccccn1. The number of hydrogen-bond acceptors (Lipinski definition) is 4. The van der Waals surface area contributed by atoms with Gasteiger partial charge in [-0.05, 0) is 31.2 Å². The van der Waals surface area contributed by atoms with Gasteiger partial charge >= 0.3 is 0 Å². The molecule has 0 aliphatic carbocycles. The summed E-state index contributed by atoms with van der Waals surface area (Å²) in [5.74, 6) is 0.824. The van der Waals surface area contributed by atoms with Crippen molar-refractivity contribution >= 4 is 11.9 Å². The minimum absolute atomic E-state index is 0.142. The van der Waals surface area contributed by atoms with Crippen LogP contribution in [0.2, 0.25) is 0 Å². The van der Waals surface area contributed by atoms with E-state index in [2.05, 4.69) is 20.6 Å². The molecule has 7 nitrogen and oxygen atoms in total. The average molecular weight is 315 g/mol. The molecular weight excluding hydrogens is 294 g/mol. The van der Waals surface area contributed by atoms with E-state index in [1.807, 2.05) is 25.1 Å². The van der Waals surface area contributed by atoms with Crippen molar-refractivity contribution in [1.29, 1.82) is 0 Å². The fourth-order valence-corrected chi connectivity index (χ4v) is 1.95. The van der Waals surface area contributed by atoms with Crippen molar-refractivity contribution in [2.75, 3.05) is 13.1 Å². The smallest absolute Gasteiger partial charge is 0.284 e. The van der Waals surface area contributed by atoms with E-state index in [4.69, 9.17) is 10.2 Å². The summed E-state index contributed by atoms with van der Waals surface area (Å²) in [7, 11) is 0. The Labute approximate surface area is 135 Å². The van der Waals surface area contributed by atoms with E-state index in [1.54, 1.807) is 18.3 Å². The van der Waals surface area contributed by atoms with Gasteiger partial charge in [0, 0.05) is 31.4 Å². The number of aliphatic imine (C=N–C) groups is 1. The third-order valence-corrected chi connectivity index (χ3v) is 3.04. The molecule has 0 radical (unpaired) electrons. The molecule has 0 fully saturated rings. The molecule has 0 aliphatic rings. The lowest BCUT2D eigenvalue weighted by Crippen LogP contribution is -2.38. The van der Waals surface area contributed by atoms with E-state index in [0.717, 1.165) is 18.7 Å². The van der Waals surface area contributed by atoms with Gasteiger partial charge in [0.1, 0.15) is 12.3 Å². The molecule has 4 N–H and O–H groups in total. The van der Waals surface area contributed by atoms with Crippen LogP contribution in [-0.4, -0.2) is 29.9 Å². The lowest BCUT2D eigenvalue weighted by Gasteiger charge is -2.10. The zero-order valence-electron chi connectivity index (χ0n) is 13.1. The van der Waals surface area contributed by atoms with Crippen LogP contribution in [0.3, 0.4) is 0 Å². The van der Waals surface area contributed by atoms with Crippen molar-refractivity contribution < 1.29 is 9.21 Å². The minimum atomic E-state index is -0.583. The number of amides is 1. The monoisotopic (exact) mass is 315 g/mol. The number of pyridine rings is 1. The minimum Gasteiger partial charge on any atom is -0.454 e. The van der Waals surface area contributed by atoms with Gasteiger partial charge < -0.3 is 20.8 Å². The average Bonchev–Trinajstić information content (AvgIpc) is 3.03. The van der Waals surface area contributed by atoms with Crippen molar-refractivity contribution in [3.8, 4) is 0 Å². The molecule has 23 heavy (non-hydrogen) atoms. The topological polar surface area (TPSA) is 106 Å². The van der Waals surface area contributed by atoms with Crippen molar-refractivity contribution in [3.05, 3.63) is 53.7 Å². The number of hydrogen-bond donors (Lipinski definition) is 3. The molecule has 0 atom stereocenters. The van der Waals surface area contributed by atoms with Gasteiger partial charge in [0.2, 0.25) is 0 Å². The normalized spacial score (nSPS) is 11.3. The Morgan fingerprint density at radius 3 is 2.83 bits per heavy atom. The fraction of sp³-hybridized carbons (Fsp3) is 0.312. The second kappa shape index (κ2) is 8.57. The van der Waals surface area contributed by atoms with E-state index in [0.29, 0.717) is 24.8 Å². The lowest BCUT2D eigenvalue weighted by atomic mass is 10.3. The van der Waals surface area contributed by atoms with Gasteiger partial charge in [-0.2, -0.15) is 0 Å². The number of carbonyl (C=O) groups is 1. The second-order valence-electron chi connectivity index (χ2n) is 4.82. The fourth-order valence-electron chi connectivity index (χ4n) is 1.95. The predicted octanol–water partition coefficient (Wildman–Crippen LogP) is 1.07. The number of primary amides is 1. The number of nitrogens with zero attached hydrogens (tertiary/aromatic N) is 2. The first-order chi connectivity index (χ1) is 11.2. The zero-order valence-corrected chi connectivity index (χ0v) is 13.1. The Morgan fingerprint density at radius 1 is 1.30 bits per heavy atom. The van der Waals surface area contributed by atoms with E-state index < -0.39 is 5.91 Å². The summed E-state index contributed by atoms with van der Waals surface area (Å²) in [5, 5.41) is 6.39. The number of nitrogens with two attached hydrogens (primary N) is 1. The van der Waals surface area contributed by atoms with E-state index >= 15 is 0 Å². The standard InChI is InChI=1S/C16H21N5O2/c1-2-18-16(20-10-8-12-5-3-4-9-19-12)21-11-13-6-7-14(23-13)15(17)22/h3-7,9H,2,8,10-11H2,1H3,(H2,17,22)(H2,18,20,21). The van der Waals surface area contributed by atoms with Crippen LogP contribution in [0.1, 0.15) is 28.9 Å². The molecule has 0 bridgehead atoms. The third-order valence-electron chi connectivity index (χ3n) is 3.04. The van der Waals surface area contributed by atoms with Gasteiger partial charge in [-0.25, -0.2) is 4.99 Å². The van der Waals surface area contributed by atoms with Crippen molar-refractivity contribution in [2.24, 2.45) is 10.7 Å². The summed E-state index contributed by atoms with van der Waals surface area (Å²) in [5.41, 5.74) is 6.17. The molecule has 2 heterocycles. The molecule has 0 unspecified atom stereocenters. The molecule has 2 aromatic rings. The van der Waals surface area contributed by atoms with Crippen molar-refractivity contribution in [2.45, 2.75) is 19.9 Å². The first-order valence-corrected chi connectivity index (χ1v) is 7.49. The number of aromatic nitrogens is 1. The third kappa shape index (κ3) is 5.46. The Bertz CT molecular complexity index is 652. The molecule has 0 aromatic carbocycles. The Balaban J connectivity index is 1.87. The summed E-state index contributed by atoms with van der Waals surface area (Å²) in [6.45, 7) is 3.79. The Kier molecular flexibility index (Phi) is 6.17. The van der Waals surface area contributed by atoms with E-state index in [9.17, 15) is 4.79 Å². The quantitative estimate of drug-likeness (QED) is 0.523. The first-order valence-electron chi connectivity index (χ1n) is 7.49. The van der Waals surface area contributed by atoms with Crippen LogP contribution < -0.4 is 16.4 Å². The second-order valence-corrected chi connectivity index (χ2v) is 4.82. The van der Waals surface area contributed by atoms with Crippen LogP contribution in [0.15, 0.2) is 45.9 Å². The van der Waals surface area contributed by atoms with Crippen molar-refractivity contribution in [3.63, 3.8) is 0 Å². The van der Waals surface area contributed by atoms with E-state index in [-0.39, 0.29) is 5.76 Å². The summed E-state index contributed by atoms with van der Waals surface area (Å²) in [6, 6.07) is 9.09. The van der Waals surface area contributed by atoms with Gasteiger partial charge in [-0.1, -0.05) is 6.07 Å². The number of guanidine groups is 1. The summed E-state index contributed by atoms with van der Waals surface area (Å²) < 4.78 is 5.30. The molecule has 0 saturated carbocycles. The lowest BCUT2D eigenvalue weighted by molar-refractivity contribution is 0.0972. The molecular formula is C16H21N5O2. The highest BCUT2D eigenvalue weighted by Gasteiger charge is 2.06. The zero-order chi connectivity index (χ0) is 16.5. The molecule has 0 saturated heterocycles. The number of furan rings is 1. The maximum Gasteiger partial charge on any atom is 0.284 e. The van der Waals surface area contributed by atoms with Crippen LogP contribution in [-0.2, 0) is 13.0 Å². The van der Waals surface area contributed by atoms with Gasteiger partial charge in [0.25, 0.3) is 5.91 Å². The molecule has 0 spiro atoms. The molecule has 1 amide bonds. The summed E-state index contributed by atoms with van der Waals surface area (Å²) >= 11 is 0. The van der Waals surface area contributed by atoms with Crippen LogP contribution in [0.4, 0.5) is 0 Å². The predicted molar refractivity (Wildman–Crippen MR) is 88.0 cm³/mol. The maximum atomic E-state index is 11.0.